The van der Waals surface area contributed by atoms with Gasteiger partial charge in [0.15, 0.2) is 0 Å². The van der Waals surface area contributed by atoms with Crippen molar-refractivity contribution in [1.29, 1.82) is 0 Å². The molecule has 5 fully saturated rings. The number of benzene rings is 1. The number of rotatable bonds is 5. The first-order valence-corrected chi connectivity index (χ1v) is 13.8. The van der Waals surface area contributed by atoms with Gasteiger partial charge in [0.1, 0.15) is 0 Å². The Balaban J connectivity index is 1.09. The second-order valence-corrected chi connectivity index (χ2v) is 11.7. The van der Waals surface area contributed by atoms with E-state index in [1.165, 1.54) is 50.9 Å². The van der Waals surface area contributed by atoms with E-state index in [-0.39, 0.29) is 5.41 Å². The average molecular weight is 451 g/mol. The van der Waals surface area contributed by atoms with Crippen molar-refractivity contribution in [3.8, 4) is 0 Å². The number of hydrogen-bond donors (Lipinski definition) is 0. The molecule has 4 heterocycles. The third-order valence-electron chi connectivity index (χ3n) is 9.53. The Hall–Kier alpha value is -1.59. The second-order valence-electron chi connectivity index (χ2n) is 11.7. The molecule has 5 aliphatic rings. The SMILES string of the molecule is C[C@H]1CCCN1[C@H]1CCN(c2ccc(N3CCCC4(CCN(CC5CC5)CC4)C3=O)cc2)C1. The number of anilines is 2. The van der Waals surface area contributed by atoms with Crippen LogP contribution in [-0.4, -0.2) is 73.6 Å². The van der Waals surface area contributed by atoms with E-state index in [9.17, 15) is 4.79 Å². The molecule has 0 aromatic heterocycles. The number of carbonyl (C=O) groups is 1. The zero-order chi connectivity index (χ0) is 22.4. The van der Waals surface area contributed by atoms with Gasteiger partial charge in [-0.2, -0.15) is 0 Å². The Morgan fingerprint density at radius 3 is 2.30 bits per heavy atom. The molecule has 4 saturated heterocycles. The molecular formula is C28H42N4O. The van der Waals surface area contributed by atoms with Crippen molar-refractivity contribution < 1.29 is 4.79 Å². The van der Waals surface area contributed by atoms with Crippen molar-refractivity contribution in [3.05, 3.63) is 24.3 Å². The first-order valence-electron chi connectivity index (χ1n) is 13.8. The summed E-state index contributed by atoms with van der Waals surface area (Å²) >= 11 is 0. The maximum absolute atomic E-state index is 13.7. The normalized spacial score (nSPS) is 31.1. The van der Waals surface area contributed by atoms with E-state index in [1.54, 1.807) is 0 Å². The maximum Gasteiger partial charge on any atom is 0.233 e. The smallest absolute Gasteiger partial charge is 0.233 e. The van der Waals surface area contributed by atoms with E-state index in [1.807, 2.05) is 0 Å². The maximum atomic E-state index is 13.7. The highest BCUT2D eigenvalue weighted by Crippen LogP contribution is 2.43. The first kappa shape index (κ1) is 21.9. The third-order valence-corrected chi connectivity index (χ3v) is 9.53. The number of amides is 1. The molecule has 5 nitrogen and oxygen atoms in total. The Kier molecular flexibility index (Phi) is 5.90. The molecule has 2 atom stereocenters. The van der Waals surface area contributed by atoms with Gasteiger partial charge in [-0.15, -0.1) is 0 Å². The summed E-state index contributed by atoms with van der Waals surface area (Å²) in [7, 11) is 0. The fourth-order valence-electron chi connectivity index (χ4n) is 7.20. The molecule has 180 valence electrons. The van der Waals surface area contributed by atoms with Gasteiger partial charge in [-0.25, -0.2) is 0 Å². The summed E-state index contributed by atoms with van der Waals surface area (Å²) < 4.78 is 0. The topological polar surface area (TPSA) is 30.0 Å². The van der Waals surface area contributed by atoms with Crippen LogP contribution in [0.25, 0.3) is 0 Å². The minimum Gasteiger partial charge on any atom is -0.370 e. The predicted molar refractivity (Wildman–Crippen MR) is 135 cm³/mol. The van der Waals surface area contributed by atoms with Gasteiger partial charge in [-0.3, -0.25) is 9.69 Å². The highest BCUT2D eigenvalue weighted by Gasteiger charge is 2.46. The lowest BCUT2D eigenvalue weighted by Gasteiger charge is -2.46. The van der Waals surface area contributed by atoms with Crippen molar-refractivity contribution in [2.75, 3.05) is 55.6 Å². The molecule has 1 amide bonds. The summed E-state index contributed by atoms with van der Waals surface area (Å²) in [6, 6.07) is 10.4. The lowest BCUT2D eigenvalue weighted by Crippen LogP contribution is -2.54. The molecule has 1 saturated carbocycles. The first-order chi connectivity index (χ1) is 16.1. The van der Waals surface area contributed by atoms with Gasteiger partial charge in [0, 0.05) is 49.6 Å². The summed E-state index contributed by atoms with van der Waals surface area (Å²) in [5.74, 6) is 1.34. The minimum atomic E-state index is -0.106. The highest BCUT2D eigenvalue weighted by molar-refractivity contribution is 5.98. The molecule has 1 spiro atoms. The van der Waals surface area contributed by atoms with E-state index in [4.69, 9.17) is 0 Å². The van der Waals surface area contributed by atoms with Crippen LogP contribution in [0.15, 0.2) is 24.3 Å². The number of hydrogen-bond acceptors (Lipinski definition) is 4. The van der Waals surface area contributed by atoms with Crippen molar-refractivity contribution in [1.82, 2.24) is 9.80 Å². The fourth-order valence-corrected chi connectivity index (χ4v) is 7.20. The van der Waals surface area contributed by atoms with Gasteiger partial charge >= 0.3 is 0 Å². The third kappa shape index (κ3) is 4.32. The second kappa shape index (κ2) is 8.88. The Bertz CT molecular complexity index is 842. The van der Waals surface area contributed by atoms with Crippen LogP contribution in [0.4, 0.5) is 11.4 Å². The number of carbonyl (C=O) groups excluding carboxylic acids is 1. The average Bonchev–Trinajstić information content (AvgIpc) is 3.33. The number of nitrogens with zero attached hydrogens (tertiary/aromatic N) is 4. The van der Waals surface area contributed by atoms with E-state index >= 15 is 0 Å². The Morgan fingerprint density at radius 2 is 1.61 bits per heavy atom. The van der Waals surface area contributed by atoms with Crippen LogP contribution in [0, 0.1) is 11.3 Å². The molecule has 0 unspecified atom stereocenters. The number of piperidine rings is 2. The van der Waals surface area contributed by atoms with Gasteiger partial charge in [0.25, 0.3) is 0 Å². The van der Waals surface area contributed by atoms with E-state index in [2.05, 4.69) is 50.8 Å². The molecule has 0 radical (unpaired) electrons. The molecular weight excluding hydrogens is 408 g/mol. The van der Waals surface area contributed by atoms with Gasteiger partial charge in [0.05, 0.1) is 5.41 Å². The summed E-state index contributed by atoms with van der Waals surface area (Å²) in [6.45, 7) is 10.3. The van der Waals surface area contributed by atoms with Crippen LogP contribution in [-0.2, 0) is 4.79 Å². The molecule has 1 aromatic rings. The summed E-state index contributed by atoms with van der Waals surface area (Å²) in [5, 5.41) is 0. The summed E-state index contributed by atoms with van der Waals surface area (Å²) in [4.78, 5) is 23.7. The van der Waals surface area contributed by atoms with Crippen molar-refractivity contribution in [3.63, 3.8) is 0 Å². The van der Waals surface area contributed by atoms with Crippen LogP contribution in [0.2, 0.25) is 0 Å². The lowest BCUT2D eigenvalue weighted by atomic mass is 9.71. The zero-order valence-corrected chi connectivity index (χ0v) is 20.6. The van der Waals surface area contributed by atoms with Crippen LogP contribution < -0.4 is 9.80 Å². The van der Waals surface area contributed by atoms with Crippen LogP contribution in [0.5, 0.6) is 0 Å². The van der Waals surface area contributed by atoms with E-state index in [0.29, 0.717) is 11.9 Å². The van der Waals surface area contributed by atoms with Crippen LogP contribution in [0.3, 0.4) is 0 Å². The Labute approximate surface area is 200 Å². The lowest BCUT2D eigenvalue weighted by molar-refractivity contribution is -0.133. The largest absolute Gasteiger partial charge is 0.370 e. The molecule has 4 aliphatic heterocycles. The van der Waals surface area contributed by atoms with Gasteiger partial charge < -0.3 is 14.7 Å². The van der Waals surface area contributed by atoms with Crippen LogP contribution >= 0.6 is 0 Å². The fraction of sp³-hybridized carbons (Fsp3) is 0.750. The molecule has 33 heavy (non-hydrogen) atoms. The molecule has 5 heteroatoms. The molecule has 0 N–H and O–H groups in total. The van der Waals surface area contributed by atoms with E-state index in [0.717, 1.165) is 76.1 Å². The molecule has 6 rings (SSSR count). The van der Waals surface area contributed by atoms with Crippen molar-refractivity contribution in [2.24, 2.45) is 11.3 Å². The van der Waals surface area contributed by atoms with Crippen LogP contribution in [0.1, 0.15) is 64.7 Å². The summed E-state index contributed by atoms with van der Waals surface area (Å²) in [6.07, 6.45) is 11.1. The molecule has 0 bridgehead atoms. The van der Waals surface area contributed by atoms with E-state index < -0.39 is 0 Å². The van der Waals surface area contributed by atoms with Gasteiger partial charge in [-0.05, 0) is 115 Å². The zero-order valence-electron chi connectivity index (χ0n) is 20.6. The molecule has 1 aliphatic carbocycles. The highest BCUT2D eigenvalue weighted by atomic mass is 16.2. The van der Waals surface area contributed by atoms with Gasteiger partial charge in [-0.1, -0.05) is 0 Å². The van der Waals surface area contributed by atoms with Gasteiger partial charge in [0.2, 0.25) is 5.91 Å². The number of likely N-dealkylation sites (tertiary alicyclic amines) is 2. The van der Waals surface area contributed by atoms with Crippen molar-refractivity contribution in [2.45, 2.75) is 76.8 Å². The molecule has 1 aromatic carbocycles. The predicted octanol–water partition coefficient (Wildman–Crippen LogP) is 4.37. The quantitative estimate of drug-likeness (QED) is 0.666. The standard InChI is InChI=1S/C28H42N4O/c1-22-4-2-15-31(22)26-11-17-30(21-26)24-7-9-25(10-8-24)32-16-3-12-28(27(32)33)13-18-29(19-14-28)20-23-5-6-23/h7-10,22-23,26H,2-6,11-21H2,1H3/t22-,26-/m0/s1. The van der Waals surface area contributed by atoms with Crippen molar-refractivity contribution >= 4 is 17.3 Å². The Morgan fingerprint density at radius 1 is 0.848 bits per heavy atom. The summed E-state index contributed by atoms with van der Waals surface area (Å²) in [5.41, 5.74) is 2.32. The minimum absolute atomic E-state index is 0.106. The monoisotopic (exact) mass is 450 g/mol.